The van der Waals surface area contributed by atoms with Crippen LogP contribution in [0.25, 0.3) is 122 Å². The van der Waals surface area contributed by atoms with Crippen molar-refractivity contribution in [3.05, 3.63) is 188 Å². The molecule has 0 spiro atoms. The number of hydrogen-bond acceptors (Lipinski definition) is 5. The SMILES string of the molecule is c1ccc(-c2nc(-c3ccc(-c4cccc5oc6c(-c7cccc8ccccc78)cccc6c45)c4ccccc34)nc(-c3cccc4c3oc3ccccc34)n2)cc1. The molecular weight excluding hydrogens is 711 g/mol. The summed E-state index contributed by atoms with van der Waals surface area (Å²) in [5.41, 5.74) is 10.4. The van der Waals surface area contributed by atoms with Crippen molar-refractivity contribution in [2.75, 3.05) is 0 Å². The molecule has 58 heavy (non-hydrogen) atoms. The Hall–Kier alpha value is -7.89. The summed E-state index contributed by atoms with van der Waals surface area (Å²) in [7, 11) is 0. The van der Waals surface area contributed by atoms with Gasteiger partial charge in [0.1, 0.15) is 22.3 Å². The third-order valence-corrected chi connectivity index (χ3v) is 11.4. The standard InChI is InChI=1S/C53H31N3O2/c1-2-15-33(16-3-1)51-54-52(56-53(55-51)45-27-12-25-42-39-21-8-9-28-46(39)57-50(42)45)43-31-30-38(36-19-6-7-20-37(36)43)40-23-13-29-47-48(40)44-26-11-24-41(49(44)58-47)35-22-10-17-32-14-4-5-18-34(32)35/h1-31H. The number of rotatable bonds is 5. The van der Waals surface area contributed by atoms with Gasteiger partial charge in [0.15, 0.2) is 17.5 Å². The van der Waals surface area contributed by atoms with Crippen LogP contribution in [-0.4, -0.2) is 15.0 Å². The first kappa shape index (κ1) is 32.4. The zero-order chi connectivity index (χ0) is 38.2. The molecule has 0 saturated carbocycles. The largest absolute Gasteiger partial charge is 0.455 e. The van der Waals surface area contributed by atoms with Crippen LogP contribution in [-0.2, 0) is 0 Å². The van der Waals surface area contributed by atoms with Gasteiger partial charge < -0.3 is 8.83 Å². The van der Waals surface area contributed by atoms with Gasteiger partial charge >= 0.3 is 0 Å². The molecule has 0 aliphatic carbocycles. The van der Waals surface area contributed by atoms with Gasteiger partial charge in [0, 0.05) is 38.2 Å². The lowest BCUT2D eigenvalue weighted by molar-refractivity contribution is 0.669. The summed E-state index contributed by atoms with van der Waals surface area (Å²) in [4.78, 5) is 15.4. The van der Waals surface area contributed by atoms with E-state index in [4.69, 9.17) is 23.8 Å². The summed E-state index contributed by atoms with van der Waals surface area (Å²) in [6.45, 7) is 0. The van der Waals surface area contributed by atoms with Gasteiger partial charge in [0.05, 0.1) is 5.56 Å². The maximum Gasteiger partial charge on any atom is 0.167 e. The Labute approximate surface area is 332 Å². The second kappa shape index (κ2) is 12.8. The summed E-state index contributed by atoms with van der Waals surface area (Å²) in [5.74, 6) is 1.74. The molecule has 0 atom stereocenters. The zero-order valence-corrected chi connectivity index (χ0v) is 31.1. The molecule has 0 N–H and O–H groups in total. The minimum Gasteiger partial charge on any atom is -0.455 e. The van der Waals surface area contributed by atoms with Crippen LogP contribution in [0.15, 0.2) is 197 Å². The van der Waals surface area contributed by atoms with Crippen LogP contribution in [0.2, 0.25) is 0 Å². The van der Waals surface area contributed by atoms with E-state index < -0.39 is 0 Å². The Morgan fingerprint density at radius 2 is 0.776 bits per heavy atom. The van der Waals surface area contributed by atoms with Crippen molar-refractivity contribution in [3.63, 3.8) is 0 Å². The van der Waals surface area contributed by atoms with Crippen LogP contribution < -0.4 is 0 Å². The summed E-state index contributed by atoms with van der Waals surface area (Å²) in [6.07, 6.45) is 0. The maximum absolute atomic E-state index is 6.78. The summed E-state index contributed by atoms with van der Waals surface area (Å²) in [6, 6.07) is 65.1. The molecule has 0 saturated heterocycles. The first-order valence-electron chi connectivity index (χ1n) is 19.4. The van der Waals surface area contributed by atoms with Crippen LogP contribution in [0, 0.1) is 0 Å². The molecule has 5 heteroatoms. The van der Waals surface area contributed by atoms with Crippen molar-refractivity contribution in [3.8, 4) is 56.4 Å². The molecule has 0 fully saturated rings. The molecule has 0 aliphatic heterocycles. The van der Waals surface area contributed by atoms with Crippen LogP contribution in [0.5, 0.6) is 0 Å². The molecular formula is C53H31N3O2. The number of para-hydroxylation sites is 3. The number of aromatic nitrogens is 3. The molecule has 12 aromatic rings. The molecule has 3 heterocycles. The van der Waals surface area contributed by atoms with Crippen molar-refractivity contribution < 1.29 is 8.83 Å². The normalized spacial score (nSPS) is 11.8. The van der Waals surface area contributed by atoms with Gasteiger partial charge in [-0.25, -0.2) is 15.0 Å². The van der Waals surface area contributed by atoms with Crippen LogP contribution in [0.3, 0.4) is 0 Å². The number of nitrogens with zero attached hydrogens (tertiary/aromatic N) is 3. The van der Waals surface area contributed by atoms with Gasteiger partial charge in [0.2, 0.25) is 0 Å². The Bertz CT molecular complexity index is 3580. The lowest BCUT2D eigenvalue weighted by Crippen LogP contribution is -2.01. The first-order valence-corrected chi connectivity index (χ1v) is 19.4. The van der Waals surface area contributed by atoms with E-state index in [2.05, 4.69) is 127 Å². The van der Waals surface area contributed by atoms with Gasteiger partial charge in [-0.1, -0.05) is 164 Å². The van der Waals surface area contributed by atoms with Crippen LogP contribution in [0.1, 0.15) is 0 Å². The highest BCUT2D eigenvalue weighted by Crippen LogP contribution is 2.44. The summed E-state index contributed by atoms with van der Waals surface area (Å²) >= 11 is 0. The number of fused-ring (bicyclic) bond motifs is 8. The highest BCUT2D eigenvalue weighted by molar-refractivity contribution is 6.19. The van der Waals surface area contributed by atoms with E-state index >= 15 is 0 Å². The Balaban J connectivity index is 1.06. The molecule has 3 aromatic heterocycles. The molecule has 9 aromatic carbocycles. The van der Waals surface area contributed by atoms with E-state index in [1.165, 1.54) is 10.8 Å². The van der Waals surface area contributed by atoms with E-state index in [-0.39, 0.29) is 0 Å². The van der Waals surface area contributed by atoms with Gasteiger partial charge in [-0.15, -0.1) is 0 Å². The van der Waals surface area contributed by atoms with Crippen LogP contribution in [0.4, 0.5) is 0 Å². The second-order valence-electron chi connectivity index (χ2n) is 14.6. The van der Waals surface area contributed by atoms with E-state index in [0.29, 0.717) is 17.5 Å². The van der Waals surface area contributed by atoms with Gasteiger partial charge in [-0.3, -0.25) is 0 Å². The molecule has 0 amide bonds. The monoisotopic (exact) mass is 741 g/mol. The minimum atomic E-state index is 0.554. The third kappa shape index (κ3) is 5.00. The average molecular weight is 742 g/mol. The van der Waals surface area contributed by atoms with Crippen molar-refractivity contribution >= 4 is 65.4 Å². The molecule has 12 rings (SSSR count). The highest BCUT2D eigenvalue weighted by atomic mass is 16.3. The topological polar surface area (TPSA) is 65.0 Å². The Morgan fingerprint density at radius 1 is 0.276 bits per heavy atom. The number of benzene rings is 9. The molecule has 0 bridgehead atoms. The third-order valence-electron chi connectivity index (χ3n) is 11.4. The second-order valence-corrected chi connectivity index (χ2v) is 14.6. The van der Waals surface area contributed by atoms with Gasteiger partial charge in [-0.2, -0.15) is 0 Å². The zero-order valence-electron chi connectivity index (χ0n) is 31.1. The van der Waals surface area contributed by atoms with Crippen molar-refractivity contribution in [2.24, 2.45) is 0 Å². The quantitative estimate of drug-likeness (QED) is 0.176. The van der Waals surface area contributed by atoms with Crippen molar-refractivity contribution in [2.45, 2.75) is 0 Å². The number of hydrogen-bond donors (Lipinski definition) is 0. The summed E-state index contributed by atoms with van der Waals surface area (Å²) < 4.78 is 13.2. The lowest BCUT2D eigenvalue weighted by Gasteiger charge is -2.14. The van der Waals surface area contributed by atoms with Gasteiger partial charge in [0.25, 0.3) is 0 Å². The van der Waals surface area contributed by atoms with E-state index in [1.807, 2.05) is 60.7 Å². The molecule has 0 unspecified atom stereocenters. The fourth-order valence-electron chi connectivity index (χ4n) is 8.73. The maximum atomic E-state index is 6.78. The Morgan fingerprint density at radius 3 is 1.64 bits per heavy atom. The van der Waals surface area contributed by atoms with Gasteiger partial charge in [-0.05, 0) is 62.5 Å². The molecule has 5 nitrogen and oxygen atoms in total. The average Bonchev–Trinajstić information content (AvgIpc) is 3.88. The fraction of sp³-hybridized carbons (Fsp3) is 0. The Kier molecular flexibility index (Phi) is 7.16. The smallest absolute Gasteiger partial charge is 0.167 e. The summed E-state index contributed by atoms with van der Waals surface area (Å²) in [5, 5.41) is 8.79. The first-order chi connectivity index (χ1) is 28.8. The van der Waals surface area contributed by atoms with E-state index in [9.17, 15) is 0 Å². The van der Waals surface area contributed by atoms with E-state index in [0.717, 1.165) is 93.6 Å². The van der Waals surface area contributed by atoms with Crippen molar-refractivity contribution in [1.29, 1.82) is 0 Å². The lowest BCUT2D eigenvalue weighted by atomic mass is 9.91. The molecule has 270 valence electrons. The molecule has 0 radical (unpaired) electrons. The molecule has 0 aliphatic rings. The fourth-order valence-corrected chi connectivity index (χ4v) is 8.73. The minimum absolute atomic E-state index is 0.554. The van der Waals surface area contributed by atoms with E-state index in [1.54, 1.807) is 0 Å². The highest BCUT2D eigenvalue weighted by Gasteiger charge is 2.21. The predicted molar refractivity (Wildman–Crippen MR) is 237 cm³/mol. The predicted octanol–water partition coefficient (Wildman–Crippen LogP) is 14.3. The van der Waals surface area contributed by atoms with Crippen LogP contribution >= 0.6 is 0 Å². The number of furan rings is 2. The van der Waals surface area contributed by atoms with Crippen molar-refractivity contribution in [1.82, 2.24) is 15.0 Å².